The number of rotatable bonds is 1. The minimum Gasteiger partial charge on any atom is -0.338 e. The molecule has 21 heavy (non-hydrogen) atoms. The largest absolute Gasteiger partial charge is 0.338 e. The summed E-state index contributed by atoms with van der Waals surface area (Å²) in [5, 5.41) is 3.67. The number of benzene rings is 1. The maximum atomic E-state index is 12.2. The molecule has 4 rings (SSSR count). The minimum absolute atomic E-state index is 0.256. The Balaban J connectivity index is 1.97. The van der Waals surface area contributed by atoms with Crippen LogP contribution in [0.3, 0.4) is 0 Å². The molecule has 0 radical (unpaired) electrons. The molecule has 0 fully saturated rings. The summed E-state index contributed by atoms with van der Waals surface area (Å²) in [4.78, 5) is 23.8. The molecule has 0 bridgehead atoms. The molecule has 6 heteroatoms. The SMILES string of the molecule is O=c1nc(-c2cc3sccc3cn2)[nH]c2ccc(Br)cc12. The number of hydrogen-bond acceptors (Lipinski definition) is 4. The molecule has 0 aliphatic heterocycles. The highest BCUT2D eigenvalue weighted by Gasteiger charge is 2.08. The van der Waals surface area contributed by atoms with Gasteiger partial charge in [0, 0.05) is 20.8 Å². The van der Waals surface area contributed by atoms with E-state index in [9.17, 15) is 4.79 Å². The molecule has 0 aliphatic carbocycles. The van der Waals surface area contributed by atoms with Gasteiger partial charge < -0.3 is 4.98 Å². The van der Waals surface area contributed by atoms with Crippen molar-refractivity contribution in [3.05, 3.63) is 56.7 Å². The first-order valence-corrected chi connectivity index (χ1v) is 7.91. The number of H-pyrrole nitrogens is 1. The highest BCUT2D eigenvalue weighted by molar-refractivity contribution is 9.10. The lowest BCUT2D eigenvalue weighted by molar-refractivity contribution is 1.15. The summed E-state index contributed by atoms with van der Waals surface area (Å²) in [6, 6.07) is 9.47. The van der Waals surface area contributed by atoms with Gasteiger partial charge in [0.15, 0.2) is 5.82 Å². The van der Waals surface area contributed by atoms with E-state index in [-0.39, 0.29) is 5.56 Å². The molecular formula is C15H8BrN3OS. The van der Waals surface area contributed by atoms with Crippen molar-refractivity contribution in [2.45, 2.75) is 0 Å². The summed E-state index contributed by atoms with van der Waals surface area (Å²) < 4.78 is 1.98. The van der Waals surface area contributed by atoms with Gasteiger partial charge in [0.2, 0.25) is 0 Å². The van der Waals surface area contributed by atoms with E-state index in [2.05, 4.69) is 30.9 Å². The zero-order chi connectivity index (χ0) is 14.4. The average molecular weight is 358 g/mol. The first-order valence-electron chi connectivity index (χ1n) is 6.24. The summed E-state index contributed by atoms with van der Waals surface area (Å²) in [6.07, 6.45) is 1.80. The summed E-state index contributed by atoms with van der Waals surface area (Å²) in [5.41, 5.74) is 1.17. The number of aromatic amines is 1. The Kier molecular flexibility index (Phi) is 2.87. The summed E-state index contributed by atoms with van der Waals surface area (Å²) >= 11 is 5.00. The third-order valence-corrected chi connectivity index (χ3v) is 4.63. The predicted molar refractivity (Wildman–Crippen MR) is 88.7 cm³/mol. The average Bonchev–Trinajstić information content (AvgIpc) is 2.95. The van der Waals surface area contributed by atoms with E-state index in [1.807, 2.05) is 29.6 Å². The van der Waals surface area contributed by atoms with Crippen molar-refractivity contribution in [2.75, 3.05) is 0 Å². The molecule has 1 N–H and O–H groups in total. The highest BCUT2D eigenvalue weighted by atomic mass is 79.9. The molecule has 0 saturated heterocycles. The fourth-order valence-electron chi connectivity index (χ4n) is 2.23. The summed E-state index contributed by atoms with van der Waals surface area (Å²) in [7, 11) is 0. The topological polar surface area (TPSA) is 58.6 Å². The second kappa shape index (κ2) is 4.75. The lowest BCUT2D eigenvalue weighted by Crippen LogP contribution is -2.09. The molecule has 0 atom stereocenters. The fourth-order valence-corrected chi connectivity index (χ4v) is 3.38. The normalized spacial score (nSPS) is 11.3. The Labute approximate surface area is 131 Å². The quantitative estimate of drug-likeness (QED) is 0.560. The van der Waals surface area contributed by atoms with E-state index in [4.69, 9.17) is 0 Å². The van der Waals surface area contributed by atoms with Crippen LogP contribution in [0, 0.1) is 0 Å². The summed E-state index contributed by atoms with van der Waals surface area (Å²) in [5.74, 6) is 0.491. The zero-order valence-corrected chi connectivity index (χ0v) is 13.0. The molecule has 4 nitrogen and oxygen atoms in total. The number of nitrogens with one attached hydrogen (secondary N) is 1. The van der Waals surface area contributed by atoms with Gasteiger partial charge in [0.05, 0.1) is 10.9 Å². The Bertz CT molecular complexity index is 1040. The van der Waals surface area contributed by atoms with E-state index in [1.165, 1.54) is 0 Å². The maximum Gasteiger partial charge on any atom is 0.281 e. The second-order valence-electron chi connectivity index (χ2n) is 4.61. The van der Waals surface area contributed by atoms with Gasteiger partial charge in [-0.2, -0.15) is 4.98 Å². The van der Waals surface area contributed by atoms with Crippen LogP contribution in [-0.2, 0) is 0 Å². The van der Waals surface area contributed by atoms with Gasteiger partial charge in [-0.05, 0) is 35.7 Å². The number of pyridine rings is 1. The molecule has 0 spiro atoms. The summed E-state index contributed by atoms with van der Waals surface area (Å²) in [6.45, 7) is 0. The van der Waals surface area contributed by atoms with E-state index in [0.717, 1.165) is 20.1 Å². The van der Waals surface area contributed by atoms with Crippen molar-refractivity contribution in [2.24, 2.45) is 0 Å². The number of aromatic nitrogens is 3. The smallest absolute Gasteiger partial charge is 0.281 e. The Morgan fingerprint density at radius 1 is 1.19 bits per heavy atom. The van der Waals surface area contributed by atoms with Gasteiger partial charge in [-0.1, -0.05) is 15.9 Å². The van der Waals surface area contributed by atoms with Gasteiger partial charge in [-0.25, -0.2) is 0 Å². The molecule has 1 aromatic carbocycles. The molecule has 0 amide bonds. The van der Waals surface area contributed by atoms with Crippen molar-refractivity contribution >= 4 is 48.3 Å². The molecule has 0 unspecified atom stereocenters. The van der Waals surface area contributed by atoms with Crippen LogP contribution in [0.5, 0.6) is 0 Å². The lowest BCUT2D eigenvalue weighted by Gasteiger charge is -2.03. The number of fused-ring (bicyclic) bond motifs is 2. The molecule has 0 saturated carbocycles. The van der Waals surface area contributed by atoms with Crippen molar-refractivity contribution in [3.8, 4) is 11.5 Å². The first kappa shape index (κ1) is 12.7. The fraction of sp³-hybridized carbons (Fsp3) is 0. The van der Waals surface area contributed by atoms with E-state index in [1.54, 1.807) is 23.6 Å². The van der Waals surface area contributed by atoms with Crippen molar-refractivity contribution in [1.82, 2.24) is 15.0 Å². The van der Waals surface area contributed by atoms with Crippen LogP contribution in [0.25, 0.3) is 32.5 Å². The van der Waals surface area contributed by atoms with Crippen LogP contribution in [-0.4, -0.2) is 15.0 Å². The molecule has 3 heterocycles. The number of thiophene rings is 1. The zero-order valence-electron chi connectivity index (χ0n) is 10.6. The molecule has 0 aliphatic rings. The molecule has 102 valence electrons. The van der Waals surface area contributed by atoms with Crippen molar-refractivity contribution in [3.63, 3.8) is 0 Å². The van der Waals surface area contributed by atoms with Crippen LogP contribution < -0.4 is 5.56 Å². The Morgan fingerprint density at radius 3 is 3.00 bits per heavy atom. The third-order valence-electron chi connectivity index (χ3n) is 3.26. The van der Waals surface area contributed by atoms with Crippen LogP contribution in [0.1, 0.15) is 0 Å². The Hall–Kier alpha value is -2.05. The second-order valence-corrected chi connectivity index (χ2v) is 6.47. The van der Waals surface area contributed by atoms with Crippen molar-refractivity contribution < 1.29 is 0 Å². The van der Waals surface area contributed by atoms with E-state index in [0.29, 0.717) is 16.9 Å². The third kappa shape index (κ3) is 2.16. The number of halogens is 1. The van der Waals surface area contributed by atoms with Crippen LogP contribution in [0.4, 0.5) is 0 Å². The first-order chi connectivity index (χ1) is 10.2. The predicted octanol–water partition coefficient (Wildman–Crippen LogP) is 3.96. The standard InChI is InChI=1S/C15H8BrN3OS/c16-9-1-2-11-10(5-9)15(20)19-14(18-11)12-6-13-8(7-17-12)3-4-21-13/h1-7H,(H,18,19,20). The monoisotopic (exact) mass is 357 g/mol. The van der Waals surface area contributed by atoms with Gasteiger partial charge in [0.25, 0.3) is 5.56 Å². The Morgan fingerprint density at radius 2 is 2.10 bits per heavy atom. The molecule has 3 aromatic heterocycles. The van der Waals surface area contributed by atoms with Gasteiger partial charge in [0.1, 0.15) is 5.69 Å². The van der Waals surface area contributed by atoms with Crippen LogP contribution in [0.15, 0.2) is 51.2 Å². The van der Waals surface area contributed by atoms with Crippen molar-refractivity contribution in [1.29, 1.82) is 0 Å². The highest BCUT2D eigenvalue weighted by Crippen LogP contribution is 2.24. The van der Waals surface area contributed by atoms with E-state index >= 15 is 0 Å². The molecular weight excluding hydrogens is 350 g/mol. The number of nitrogens with zero attached hydrogens (tertiary/aromatic N) is 2. The van der Waals surface area contributed by atoms with Gasteiger partial charge in [-0.3, -0.25) is 9.78 Å². The number of hydrogen-bond donors (Lipinski definition) is 1. The minimum atomic E-state index is -0.256. The molecule has 4 aromatic rings. The van der Waals surface area contributed by atoms with E-state index < -0.39 is 0 Å². The van der Waals surface area contributed by atoms with Crippen LogP contribution in [0.2, 0.25) is 0 Å². The maximum absolute atomic E-state index is 12.2. The van der Waals surface area contributed by atoms with Gasteiger partial charge >= 0.3 is 0 Å². The lowest BCUT2D eigenvalue weighted by atomic mass is 10.2. The van der Waals surface area contributed by atoms with Crippen LogP contribution >= 0.6 is 27.3 Å². The van der Waals surface area contributed by atoms with Gasteiger partial charge in [-0.15, -0.1) is 11.3 Å².